The van der Waals surface area contributed by atoms with Crippen LogP contribution in [0.25, 0.3) is 0 Å². The Balaban J connectivity index is 1.68. The molecule has 0 aromatic heterocycles. The Morgan fingerprint density at radius 3 is 2.65 bits per heavy atom. The summed E-state index contributed by atoms with van der Waals surface area (Å²) < 4.78 is 12.6. The summed E-state index contributed by atoms with van der Waals surface area (Å²) in [5, 5.41) is 5.83. The molecule has 1 saturated carbocycles. The Labute approximate surface area is 100 Å². The second-order valence-electron chi connectivity index (χ2n) is 4.66. The predicted octanol–water partition coefficient (Wildman–Crippen LogP) is 2.01. The highest BCUT2D eigenvalue weighted by Crippen LogP contribution is 2.36. The Morgan fingerprint density at radius 2 is 2.06 bits per heavy atom. The minimum Gasteiger partial charge on any atom is -0.325 e. The van der Waals surface area contributed by atoms with E-state index < -0.39 is 0 Å². The van der Waals surface area contributed by atoms with Gasteiger partial charge in [0.25, 0.3) is 0 Å². The van der Waals surface area contributed by atoms with Crippen LogP contribution in [-0.4, -0.2) is 19.0 Å². The van der Waals surface area contributed by atoms with Crippen molar-refractivity contribution in [2.45, 2.75) is 13.3 Å². The van der Waals surface area contributed by atoms with E-state index in [-0.39, 0.29) is 11.7 Å². The second kappa shape index (κ2) is 5.27. The van der Waals surface area contributed by atoms with E-state index in [4.69, 9.17) is 0 Å². The molecule has 0 heterocycles. The highest BCUT2D eigenvalue weighted by atomic mass is 19.1. The van der Waals surface area contributed by atoms with Gasteiger partial charge in [-0.1, -0.05) is 6.92 Å². The van der Waals surface area contributed by atoms with Crippen LogP contribution in [0, 0.1) is 17.7 Å². The van der Waals surface area contributed by atoms with Crippen LogP contribution in [0.15, 0.2) is 24.3 Å². The summed E-state index contributed by atoms with van der Waals surface area (Å²) in [6.07, 6.45) is 1.26. The fourth-order valence-corrected chi connectivity index (χ4v) is 1.79. The standard InChI is InChI=1S/C13H17FN2O/c1-9-6-10(9)7-15-8-13(17)16-12-4-2-11(14)3-5-12/h2-5,9-10,15H,6-8H2,1H3,(H,16,17). The molecule has 0 saturated heterocycles. The average molecular weight is 236 g/mol. The molecule has 1 aliphatic rings. The Kier molecular flexibility index (Phi) is 3.74. The van der Waals surface area contributed by atoms with Crippen molar-refractivity contribution in [1.82, 2.24) is 5.32 Å². The monoisotopic (exact) mass is 236 g/mol. The van der Waals surface area contributed by atoms with Crippen molar-refractivity contribution < 1.29 is 9.18 Å². The summed E-state index contributed by atoms with van der Waals surface area (Å²) in [5.41, 5.74) is 0.623. The summed E-state index contributed by atoms with van der Waals surface area (Å²) in [5.74, 6) is 1.13. The van der Waals surface area contributed by atoms with E-state index >= 15 is 0 Å². The van der Waals surface area contributed by atoms with Crippen LogP contribution in [0.3, 0.4) is 0 Å². The van der Waals surface area contributed by atoms with Crippen LogP contribution in [0.4, 0.5) is 10.1 Å². The molecule has 1 fully saturated rings. The van der Waals surface area contributed by atoms with Crippen molar-refractivity contribution in [2.75, 3.05) is 18.4 Å². The molecular weight excluding hydrogens is 219 g/mol. The molecule has 4 heteroatoms. The molecule has 2 unspecified atom stereocenters. The molecule has 3 nitrogen and oxygen atoms in total. The topological polar surface area (TPSA) is 41.1 Å². The maximum atomic E-state index is 12.6. The first-order valence-electron chi connectivity index (χ1n) is 5.91. The Morgan fingerprint density at radius 1 is 1.41 bits per heavy atom. The maximum Gasteiger partial charge on any atom is 0.238 e. The highest BCUT2D eigenvalue weighted by molar-refractivity contribution is 5.92. The van der Waals surface area contributed by atoms with Crippen molar-refractivity contribution >= 4 is 11.6 Å². The molecule has 0 bridgehead atoms. The zero-order chi connectivity index (χ0) is 12.3. The summed E-state index contributed by atoms with van der Waals surface area (Å²) in [4.78, 5) is 11.5. The lowest BCUT2D eigenvalue weighted by Gasteiger charge is -2.06. The van der Waals surface area contributed by atoms with E-state index in [9.17, 15) is 9.18 Å². The fourth-order valence-electron chi connectivity index (χ4n) is 1.79. The number of carbonyl (C=O) groups excluding carboxylic acids is 1. The zero-order valence-corrected chi connectivity index (χ0v) is 9.87. The van der Waals surface area contributed by atoms with E-state index in [1.807, 2.05) is 0 Å². The van der Waals surface area contributed by atoms with Crippen LogP contribution in [0.1, 0.15) is 13.3 Å². The van der Waals surface area contributed by atoms with E-state index in [1.165, 1.54) is 18.6 Å². The van der Waals surface area contributed by atoms with Crippen molar-refractivity contribution in [1.29, 1.82) is 0 Å². The van der Waals surface area contributed by atoms with Crippen molar-refractivity contribution in [2.24, 2.45) is 11.8 Å². The number of hydrogen-bond acceptors (Lipinski definition) is 2. The molecule has 0 radical (unpaired) electrons. The Hall–Kier alpha value is -1.42. The first-order valence-corrected chi connectivity index (χ1v) is 5.91. The van der Waals surface area contributed by atoms with Gasteiger partial charge < -0.3 is 10.6 Å². The molecular formula is C13H17FN2O. The van der Waals surface area contributed by atoms with Gasteiger partial charge in [-0.05, 0) is 49.1 Å². The molecule has 1 amide bonds. The van der Waals surface area contributed by atoms with Gasteiger partial charge in [-0.15, -0.1) is 0 Å². The quantitative estimate of drug-likeness (QED) is 0.821. The second-order valence-corrected chi connectivity index (χ2v) is 4.66. The fraction of sp³-hybridized carbons (Fsp3) is 0.462. The molecule has 92 valence electrons. The molecule has 2 rings (SSSR count). The van der Waals surface area contributed by atoms with Gasteiger partial charge in [0.2, 0.25) is 5.91 Å². The van der Waals surface area contributed by atoms with Gasteiger partial charge in [-0.25, -0.2) is 4.39 Å². The van der Waals surface area contributed by atoms with Crippen LogP contribution >= 0.6 is 0 Å². The van der Waals surface area contributed by atoms with Gasteiger partial charge in [-0.3, -0.25) is 4.79 Å². The minimum atomic E-state index is -0.302. The van der Waals surface area contributed by atoms with Crippen molar-refractivity contribution in [3.63, 3.8) is 0 Å². The molecule has 0 aliphatic heterocycles. The number of halogens is 1. The number of hydrogen-bond donors (Lipinski definition) is 2. The van der Waals surface area contributed by atoms with Gasteiger partial charge in [0.1, 0.15) is 5.82 Å². The van der Waals surface area contributed by atoms with E-state index in [0.29, 0.717) is 12.2 Å². The number of benzene rings is 1. The number of amides is 1. The van der Waals surface area contributed by atoms with Gasteiger partial charge in [0, 0.05) is 5.69 Å². The third kappa shape index (κ3) is 3.82. The number of nitrogens with one attached hydrogen (secondary N) is 2. The summed E-state index contributed by atoms with van der Waals surface area (Å²) in [6, 6.07) is 5.76. The molecule has 1 aromatic rings. The first kappa shape index (κ1) is 12.0. The number of rotatable bonds is 5. The van der Waals surface area contributed by atoms with Crippen LogP contribution in [0.5, 0.6) is 0 Å². The number of carbonyl (C=O) groups is 1. The van der Waals surface area contributed by atoms with Crippen LogP contribution in [-0.2, 0) is 4.79 Å². The summed E-state index contributed by atoms with van der Waals surface area (Å²) >= 11 is 0. The molecule has 1 aromatic carbocycles. The third-order valence-electron chi connectivity index (χ3n) is 3.10. The molecule has 2 atom stereocenters. The van der Waals surface area contributed by atoms with Gasteiger partial charge in [0.15, 0.2) is 0 Å². The SMILES string of the molecule is CC1CC1CNCC(=O)Nc1ccc(F)cc1. The van der Waals surface area contributed by atoms with Crippen molar-refractivity contribution in [3.8, 4) is 0 Å². The van der Waals surface area contributed by atoms with Gasteiger partial charge >= 0.3 is 0 Å². The van der Waals surface area contributed by atoms with Crippen LogP contribution in [0.2, 0.25) is 0 Å². The minimum absolute atomic E-state index is 0.0927. The lowest BCUT2D eigenvalue weighted by molar-refractivity contribution is -0.115. The predicted molar refractivity (Wildman–Crippen MR) is 65.2 cm³/mol. The number of anilines is 1. The first-order chi connectivity index (χ1) is 8.15. The third-order valence-corrected chi connectivity index (χ3v) is 3.10. The largest absolute Gasteiger partial charge is 0.325 e. The molecule has 17 heavy (non-hydrogen) atoms. The normalized spacial score (nSPS) is 22.2. The van der Waals surface area contributed by atoms with Gasteiger partial charge in [-0.2, -0.15) is 0 Å². The lowest BCUT2D eigenvalue weighted by Crippen LogP contribution is -2.29. The van der Waals surface area contributed by atoms with Crippen LogP contribution < -0.4 is 10.6 Å². The average Bonchev–Trinajstić information content (AvgIpc) is 2.98. The lowest BCUT2D eigenvalue weighted by atomic mass is 10.3. The maximum absolute atomic E-state index is 12.6. The van der Waals surface area contributed by atoms with E-state index in [2.05, 4.69) is 17.6 Å². The molecule has 2 N–H and O–H groups in total. The highest BCUT2D eigenvalue weighted by Gasteiger charge is 2.31. The zero-order valence-electron chi connectivity index (χ0n) is 9.87. The van der Waals surface area contributed by atoms with Crippen molar-refractivity contribution in [3.05, 3.63) is 30.1 Å². The summed E-state index contributed by atoms with van der Waals surface area (Å²) in [6.45, 7) is 3.42. The molecule has 0 spiro atoms. The van der Waals surface area contributed by atoms with E-state index in [0.717, 1.165) is 18.4 Å². The smallest absolute Gasteiger partial charge is 0.238 e. The summed E-state index contributed by atoms with van der Waals surface area (Å²) in [7, 11) is 0. The molecule has 1 aliphatic carbocycles. The van der Waals surface area contributed by atoms with Gasteiger partial charge in [0.05, 0.1) is 6.54 Å². The Bertz CT molecular complexity index is 391. The van der Waals surface area contributed by atoms with E-state index in [1.54, 1.807) is 12.1 Å².